The van der Waals surface area contributed by atoms with Crippen LogP contribution in [0.3, 0.4) is 0 Å². The third-order valence-corrected chi connectivity index (χ3v) is 4.71. The van der Waals surface area contributed by atoms with Crippen LogP contribution in [0.1, 0.15) is 11.1 Å². The first kappa shape index (κ1) is 19.0. The maximum Gasteiger partial charge on any atom is 0.524 e. The molecule has 0 atom stereocenters. The highest BCUT2D eigenvalue weighted by Gasteiger charge is 2.23. The van der Waals surface area contributed by atoms with Gasteiger partial charge in [-0.3, -0.25) is 9.79 Å². The molecular weight excluding hydrogens is 363 g/mol. The summed E-state index contributed by atoms with van der Waals surface area (Å²) in [6.45, 7) is 3.52. The van der Waals surface area contributed by atoms with E-state index in [4.69, 9.17) is 16.0 Å². The molecule has 6 N–H and O–H groups in total. The maximum atomic E-state index is 11.4. The lowest BCUT2D eigenvalue weighted by molar-refractivity contribution is 0.282. The molecule has 0 unspecified atom stereocenters. The molecule has 140 valence electrons. The maximum absolute atomic E-state index is 11.4. The normalized spacial score (nSPS) is 11.4. The summed E-state index contributed by atoms with van der Waals surface area (Å²) < 4.78 is 16.4. The van der Waals surface area contributed by atoms with Crippen molar-refractivity contribution in [1.29, 1.82) is 0 Å². The van der Waals surface area contributed by atoms with E-state index in [1.54, 1.807) is 26.0 Å². The van der Waals surface area contributed by atoms with Crippen molar-refractivity contribution in [1.82, 2.24) is 0 Å². The molecule has 0 aromatic heterocycles. The molecule has 3 aromatic carbocycles. The molecule has 0 heterocycles. The average Bonchev–Trinajstić information content (AvgIpc) is 2.57. The average molecular weight is 384 g/mol. The molecule has 6 nitrogen and oxygen atoms in total. The molecule has 0 fully saturated rings. The Labute approximate surface area is 157 Å². The van der Waals surface area contributed by atoms with Crippen molar-refractivity contribution in [3.8, 4) is 28.0 Å². The predicted molar refractivity (Wildman–Crippen MR) is 108 cm³/mol. The van der Waals surface area contributed by atoms with Crippen molar-refractivity contribution in [2.24, 2.45) is 0 Å². The van der Waals surface area contributed by atoms with Crippen LogP contribution in [-0.2, 0) is 4.57 Å². The molecule has 0 amide bonds. The summed E-state index contributed by atoms with van der Waals surface area (Å²) in [5, 5.41) is 0. The topological polar surface area (TPSA) is 119 Å². The first-order valence-corrected chi connectivity index (χ1v) is 9.80. The minimum Gasteiger partial charge on any atom is -0.404 e. The van der Waals surface area contributed by atoms with Crippen molar-refractivity contribution < 1.29 is 18.9 Å². The summed E-state index contributed by atoms with van der Waals surface area (Å²) in [5.74, 6) is 0.161. The zero-order chi connectivity index (χ0) is 19.8. The lowest BCUT2D eigenvalue weighted by Gasteiger charge is -2.20. The van der Waals surface area contributed by atoms with Gasteiger partial charge in [-0.2, -0.15) is 0 Å². The summed E-state index contributed by atoms with van der Waals surface area (Å²) in [7, 11) is -4.70. The van der Waals surface area contributed by atoms with Gasteiger partial charge in [-0.15, -0.1) is 0 Å². The first-order valence-electron chi connectivity index (χ1n) is 8.27. The summed E-state index contributed by atoms with van der Waals surface area (Å²) in [5.41, 5.74) is 17.7. The van der Waals surface area contributed by atoms with Crippen LogP contribution in [-0.4, -0.2) is 9.79 Å². The molecule has 0 radical (unpaired) electrons. The number of anilines is 2. The van der Waals surface area contributed by atoms with Gasteiger partial charge < -0.3 is 16.0 Å². The number of nitrogens with two attached hydrogens (primary N) is 2. The Morgan fingerprint density at radius 3 is 2.00 bits per heavy atom. The van der Waals surface area contributed by atoms with Gasteiger partial charge in [-0.1, -0.05) is 24.3 Å². The van der Waals surface area contributed by atoms with E-state index >= 15 is 0 Å². The van der Waals surface area contributed by atoms with E-state index in [0.717, 1.165) is 22.3 Å². The van der Waals surface area contributed by atoms with Gasteiger partial charge in [-0.25, -0.2) is 4.57 Å². The van der Waals surface area contributed by atoms with Crippen LogP contribution in [0.15, 0.2) is 54.6 Å². The SMILES string of the molecule is Cc1cc(-c2cccc(N)c2)c(-c2cccc(N)c2)c(C)c1OP(=O)(O)O. The molecule has 0 bridgehead atoms. The highest BCUT2D eigenvalue weighted by atomic mass is 31.2. The van der Waals surface area contributed by atoms with Crippen LogP contribution in [0.5, 0.6) is 5.75 Å². The van der Waals surface area contributed by atoms with E-state index in [9.17, 15) is 14.4 Å². The van der Waals surface area contributed by atoms with Gasteiger partial charge in [-0.05, 0) is 72.0 Å². The van der Waals surface area contributed by atoms with Gasteiger partial charge in [0.2, 0.25) is 0 Å². The summed E-state index contributed by atoms with van der Waals surface area (Å²) >= 11 is 0. The molecule has 3 rings (SSSR count). The molecule has 0 saturated heterocycles. The van der Waals surface area contributed by atoms with Crippen molar-refractivity contribution in [3.05, 3.63) is 65.7 Å². The van der Waals surface area contributed by atoms with Gasteiger partial charge in [0, 0.05) is 16.9 Å². The van der Waals surface area contributed by atoms with E-state index in [-0.39, 0.29) is 5.75 Å². The Bertz CT molecular complexity index is 1060. The van der Waals surface area contributed by atoms with Crippen molar-refractivity contribution in [3.63, 3.8) is 0 Å². The Kier molecular flexibility index (Phi) is 4.98. The highest BCUT2D eigenvalue weighted by Crippen LogP contribution is 2.46. The molecule has 0 spiro atoms. The standard InChI is InChI=1S/C20H21N2O4P/c1-12-9-18(14-5-3-7-16(21)10-14)19(15-6-4-8-17(22)11-15)13(2)20(12)26-27(23,24)25/h3-11H,21-22H2,1-2H3,(H2,23,24,25). The number of aryl methyl sites for hydroxylation is 1. The second-order valence-electron chi connectivity index (χ2n) is 6.40. The fourth-order valence-corrected chi connectivity index (χ4v) is 3.74. The quantitative estimate of drug-likeness (QED) is 0.394. The van der Waals surface area contributed by atoms with Gasteiger partial charge in [0.15, 0.2) is 0 Å². The third kappa shape index (κ3) is 4.14. The van der Waals surface area contributed by atoms with Crippen molar-refractivity contribution in [2.45, 2.75) is 13.8 Å². The lowest BCUT2D eigenvalue weighted by atomic mass is 9.88. The van der Waals surface area contributed by atoms with Crippen LogP contribution in [0.4, 0.5) is 11.4 Å². The number of phosphoric ester groups is 1. The Morgan fingerprint density at radius 1 is 0.889 bits per heavy atom. The van der Waals surface area contributed by atoms with Gasteiger partial charge in [0.1, 0.15) is 5.75 Å². The minimum absolute atomic E-state index is 0.161. The molecule has 27 heavy (non-hydrogen) atoms. The fraction of sp³-hybridized carbons (Fsp3) is 0.100. The van der Waals surface area contributed by atoms with Gasteiger partial charge in [0.05, 0.1) is 0 Å². The third-order valence-electron chi connectivity index (χ3n) is 4.29. The number of rotatable bonds is 4. The molecule has 0 aliphatic heterocycles. The second-order valence-corrected chi connectivity index (χ2v) is 7.57. The molecule has 0 aliphatic rings. The number of hydrogen-bond acceptors (Lipinski definition) is 4. The van der Waals surface area contributed by atoms with E-state index < -0.39 is 7.82 Å². The smallest absolute Gasteiger partial charge is 0.404 e. The zero-order valence-electron chi connectivity index (χ0n) is 15.0. The largest absolute Gasteiger partial charge is 0.524 e. The first-order chi connectivity index (χ1) is 12.7. The zero-order valence-corrected chi connectivity index (χ0v) is 15.9. The van der Waals surface area contributed by atoms with E-state index in [0.29, 0.717) is 22.5 Å². The fourth-order valence-electron chi connectivity index (χ4n) is 3.22. The van der Waals surface area contributed by atoms with E-state index in [1.165, 1.54) is 0 Å². The Balaban J connectivity index is 2.35. The number of hydrogen-bond donors (Lipinski definition) is 4. The molecular formula is C20H21N2O4P. The van der Waals surface area contributed by atoms with Crippen molar-refractivity contribution >= 4 is 19.2 Å². The molecule has 7 heteroatoms. The summed E-state index contributed by atoms with van der Waals surface area (Å²) in [6.07, 6.45) is 0. The minimum atomic E-state index is -4.70. The van der Waals surface area contributed by atoms with Crippen LogP contribution in [0.2, 0.25) is 0 Å². The van der Waals surface area contributed by atoms with Crippen LogP contribution >= 0.6 is 7.82 Å². The summed E-state index contributed by atoms with van der Waals surface area (Å²) in [6, 6.07) is 16.6. The monoisotopic (exact) mass is 384 g/mol. The molecule has 3 aromatic rings. The molecule has 0 saturated carbocycles. The van der Waals surface area contributed by atoms with Crippen LogP contribution in [0.25, 0.3) is 22.3 Å². The van der Waals surface area contributed by atoms with Crippen LogP contribution < -0.4 is 16.0 Å². The predicted octanol–water partition coefficient (Wildman–Crippen LogP) is 4.27. The Morgan fingerprint density at radius 2 is 1.44 bits per heavy atom. The van der Waals surface area contributed by atoms with Gasteiger partial charge >= 0.3 is 7.82 Å². The second kappa shape index (κ2) is 7.08. The van der Waals surface area contributed by atoms with Crippen molar-refractivity contribution in [2.75, 3.05) is 11.5 Å². The Hall–Kier alpha value is -2.79. The number of phosphoric acid groups is 1. The highest BCUT2D eigenvalue weighted by molar-refractivity contribution is 7.46. The summed E-state index contributed by atoms with van der Waals surface area (Å²) in [4.78, 5) is 18.6. The molecule has 0 aliphatic carbocycles. The number of nitrogen functional groups attached to an aromatic ring is 2. The number of benzene rings is 3. The van der Waals surface area contributed by atoms with E-state index in [2.05, 4.69) is 0 Å². The van der Waals surface area contributed by atoms with Crippen LogP contribution in [0, 0.1) is 13.8 Å². The van der Waals surface area contributed by atoms with Gasteiger partial charge in [0.25, 0.3) is 0 Å². The lowest BCUT2D eigenvalue weighted by Crippen LogP contribution is -2.00. The van der Waals surface area contributed by atoms with E-state index in [1.807, 2.05) is 42.5 Å².